The van der Waals surface area contributed by atoms with Crippen LogP contribution in [0.2, 0.25) is 4.09 Å². The van der Waals surface area contributed by atoms with Crippen molar-refractivity contribution in [2.75, 3.05) is 0 Å². The molecule has 0 aliphatic rings. The normalized spacial score (nSPS) is 10.4. The molecular weight excluding hydrogens is 449 g/mol. The molecule has 0 fully saturated rings. The van der Waals surface area contributed by atoms with Crippen molar-refractivity contribution in [1.29, 1.82) is 0 Å². The van der Waals surface area contributed by atoms with E-state index in [1.165, 1.54) is 116 Å². The topological polar surface area (TPSA) is 80.3 Å². The average Bonchev–Trinajstić information content (AvgIpc) is 2.65. The van der Waals surface area contributed by atoms with Crippen molar-refractivity contribution in [3.63, 3.8) is 0 Å². The summed E-state index contributed by atoms with van der Waals surface area (Å²) in [6.45, 7) is 7.10. The van der Waals surface area contributed by atoms with E-state index in [0.717, 1.165) is 0 Å². The van der Waals surface area contributed by atoms with Gasteiger partial charge in [-0.25, -0.2) is 0 Å². The molecule has 0 atom stereocenters. The molecule has 174 valence electrons. The molecule has 0 aromatic carbocycles. The van der Waals surface area contributed by atoms with Crippen LogP contribution in [-0.4, -0.2) is 29.7 Å². The summed E-state index contributed by atoms with van der Waals surface area (Å²) in [7, 11) is 0. The van der Waals surface area contributed by atoms with E-state index in [9.17, 15) is 19.8 Å². The van der Waals surface area contributed by atoms with Crippen LogP contribution in [0.1, 0.15) is 143 Å². The molecule has 0 radical (unpaired) electrons. The summed E-state index contributed by atoms with van der Waals surface area (Å²) in [5.41, 5.74) is 0. The van der Waals surface area contributed by atoms with Gasteiger partial charge in [-0.15, -0.1) is 0 Å². The third-order valence-electron chi connectivity index (χ3n) is 5.70. The quantitative estimate of drug-likeness (QED) is 0.127. The summed E-state index contributed by atoms with van der Waals surface area (Å²) in [6.07, 6.45) is 25.0. The Hall–Kier alpha value is 2.81. The van der Waals surface area contributed by atoms with E-state index in [1.807, 2.05) is 0 Å². The Kier molecular flexibility index (Phi) is 41.7. The zero-order valence-electron chi connectivity index (χ0n) is 22.6. The van der Waals surface area contributed by atoms with Gasteiger partial charge in [0.15, 0.2) is 0 Å². The molecule has 0 rings (SSSR count). The van der Waals surface area contributed by atoms with Crippen LogP contribution in [0, 0.1) is 0 Å². The van der Waals surface area contributed by atoms with E-state index < -0.39 is 18.4 Å². The van der Waals surface area contributed by atoms with Crippen molar-refractivity contribution in [1.82, 2.24) is 0 Å². The predicted molar refractivity (Wildman–Crippen MR) is 123 cm³/mol. The van der Waals surface area contributed by atoms with Crippen LogP contribution in [0.3, 0.4) is 0 Å². The Labute approximate surface area is 294 Å². The van der Waals surface area contributed by atoms with Gasteiger partial charge in [-0.3, -0.25) is 0 Å². The number of hydrogen-bond donors (Lipinski definition) is 0. The summed E-state index contributed by atoms with van der Waals surface area (Å²) in [5.74, 6) is -3.25. The molecule has 32 heavy (non-hydrogen) atoms. The van der Waals surface area contributed by atoms with Gasteiger partial charge in [0.05, 0.1) is 0 Å². The first kappa shape index (κ1) is 41.9. The summed E-state index contributed by atoms with van der Waals surface area (Å²) in [5, 5.41) is 18.6. The van der Waals surface area contributed by atoms with E-state index in [2.05, 4.69) is 38.5 Å². The van der Waals surface area contributed by atoms with Crippen molar-refractivity contribution >= 4 is 29.7 Å². The van der Waals surface area contributed by atoms with Crippen molar-refractivity contribution in [2.45, 2.75) is 147 Å². The van der Waals surface area contributed by atoms with E-state index >= 15 is 0 Å². The first-order chi connectivity index (χ1) is 14.2. The molecule has 0 saturated heterocycles. The first-order valence-corrected chi connectivity index (χ1v) is 12.6. The van der Waals surface area contributed by atoms with Gasteiger partial charge in [0.25, 0.3) is 0 Å². The van der Waals surface area contributed by atoms with Gasteiger partial charge >= 0.3 is 261 Å². The molecule has 0 bridgehead atoms. The van der Waals surface area contributed by atoms with Crippen molar-refractivity contribution in [2.24, 2.45) is 0 Å². The zero-order valence-corrected chi connectivity index (χ0v) is 28.8. The van der Waals surface area contributed by atoms with Crippen LogP contribution in [0.4, 0.5) is 0 Å². The average molecular weight is 497 g/mol. The second kappa shape index (κ2) is 31.8. The second-order valence-corrected chi connectivity index (χ2v) is 9.53. The third-order valence-corrected chi connectivity index (χ3v) is 5.70. The standard InChI is InChI=1S/C22H45.C3H4O4.2K.Li/c1-4-6-8-10-12-14-16-18-20-22(3)21-19-17-15-13-11-9-7-5-2;4-2(5)1-3(6)7;;;/h4-21H2,1-3H3;1H2,(H,4,5)(H,6,7);;;/q;;2*+1;/p-2. The number of unbranched alkanes of at least 4 members (excludes halogenated alkanes) is 14. The molecule has 0 aromatic heterocycles. The fourth-order valence-electron chi connectivity index (χ4n) is 3.72. The minimum absolute atomic E-state index is 0. The number of rotatable bonds is 20. The monoisotopic (exact) mass is 496 g/mol. The Morgan fingerprint density at radius 2 is 0.844 bits per heavy atom. The van der Waals surface area contributed by atoms with E-state index in [0.29, 0.717) is 4.09 Å². The fraction of sp³-hybridized carbons (Fsp3) is 0.920. The Bertz CT molecular complexity index is 373. The van der Waals surface area contributed by atoms with Crippen molar-refractivity contribution in [3.05, 3.63) is 0 Å². The van der Waals surface area contributed by atoms with Gasteiger partial charge in [-0.1, -0.05) is 0 Å². The number of carbonyl (C=O) groups excluding carboxylic acids is 2. The molecule has 0 N–H and O–H groups in total. The molecule has 0 aromatic rings. The molecule has 7 heteroatoms. The second-order valence-electron chi connectivity index (χ2n) is 9.53. The molecule has 0 spiro atoms. The molecule has 0 heterocycles. The van der Waals surface area contributed by atoms with Gasteiger partial charge in [-0.05, 0) is 0 Å². The van der Waals surface area contributed by atoms with E-state index in [1.54, 1.807) is 0 Å². The Balaban J connectivity index is -0.000000376. The van der Waals surface area contributed by atoms with Gasteiger partial charge in [0.1, 0.15) is 0 Å². The Morgan fingerprint density at radius 1 is 0.594 bits per heavy atom. The number of carboxylic acid groups (broad SMARTS) is 2. The van der Waals surface area contributed by atoms with Crippen molar-refractivity contribution < 1.29 is 123 Å². The molecule has 0 amide bonds. The maximum atomic E-state index is 9.28. The van der Waals surface area contributed by atoms with Crippen LogP contribution >= 0.6 is 0 Å². The summed E-state index contributed by atoms with van der Waals surface area (Å²) in [4.78, 5) is 18.6. The van der Waals surface area contributed by atoms with Gasteiger partial charge in [-0.2, -0.15) is 0 Å². The summed E-state index contributed by atoms with van der Waals surface area (Å²) in [6, 6.07) is 0. The molecule has 0 unspecified atom stereocenters. The SMILES string of the molecule is O=C([O-])CC(=O)[O-].[K+].[K+].[Li][C](C)(CCCCCCCCCC)CCCCCCCCCC. The van der Waals surface area contributed by atoms with Crippen LogP contribution in [0.25, 0.3) is 0 Å². The van der Waals surface area contributed by atoms with E-state index in [4.69, 9.17) is 0 Å². The van der Waals surface area contributed by atoms with Gasteiger partial charge in [0, 0.05) is 18.4 Å². The number of carbonyl (C=O) groups is 2. The molecule has 0 aliphatic heterocycles. The molecular formula is C25H47K2LiO4. The number of carboxylic acids is 2. The molecule has 4 nitrogen and oxygen atoms in total. The molecule has 0 saturated carbocycles. The number of hydrogen-bond acceptors (Lipinski definition) is 4. The van der Waals surface area contributed by atoms with Crippen LogP contribution in [-0.2, 0) is 9.59 Å². The van der Waals surface area contributed by atoms with Gasteiger partial charge < -0.3 is 19.8 Å². The third kappa shape index (κ3) is 40.0. The number of aliphatic carboxylic acids is 2. The molecule has 0 aliphatic carbocycles. The van der Waals surface area contributed by atoms with Crippen LogP contribution in [0.15, 0.2) is 0 Å². The predicted octanol–water partition coefficient (Wildman–Crippen LogP) is -0.721. The summed E-state index contributed by atoms with van der Waals surface area (Å²) < 4.78 is 0.588. The maximum absolute atomic E-state index is 9.28. The zero-order chi connectivity index (χ0) is 23.1. The minimum atomic E-state index is -1.63. The van der Waals surface area contributed by atoms with Gasteiger partial charge in [0.2, 0.25) is 0 Å². The summed E-state index contributed by atoms with van der Waals surface area (Å²) >= 11 is 2.50. The van der Waals surface area contributed by atoms with E-state index in [-0.39, 0.29) is 103 Å². The Morgan fingerprint density at radius 3 is 1.06 bits per heavy atom. The van der Waals surface area contributed by atoms with Crippen molar-refractivity contribution in [3.8, 4) is 0 Å². The van der Waals surface area contributed by atoms with Crippen LogP contribution in [0.5, 0.6) is 0 Å². The first-order valence-electron chi connectivity index (χ1n) is 12.6. The van der Waals surface area contributed by atoms with Crippen LogP contribution < -0.4 is 113 Å². The fourth-order valence-corrected chi connectivity index (χ4v) is 3.72.